The van der Waals surface area contributed by atoms with E-state index in [4.69, 9.17) is 14.2 Å². The fourth-order valence-corrected chi connectivity index (χ4v) is 7.28. The molecular weight excluding hydrogens is 743 g/mol. The third kappa shape index (κ3) is 41.7. The maximum Gasteiger partial charge on any atom is 0.306 e. The zero-order chi connectivity index (χ0) is 41.0. The minimum Gasteiger partial charge on any atom is -0.462 e. The highest BCUT2D eigenvalue weighted by atomic mass is 33.1. The van der Waals surface area contributed by atoms with Crippen LogP contribution >= 0.6 is 21.6 Å². The van der Waals surface area contributed by atoms with E-state index in [1.807, 2.05) is 6.26 Å². The average molecular weight is 826 g/mol. The molecule has 0 fully saturated rings. The third-order valence-corrected chi connectivity index (χ3v) is 11.4. The van der Waals surface area contributed by atoms with Gasteiger partial charge in [0.2, 0.25) is 5.91 Å². The number of hydrogen-bond donors (Lipinski definition) is 1. The van der Waals surface area contributed by atoms with Crippen molar-refractivity contribution in [3.8, 4) is 0 Å². The first-order valence-electron chi connectivity index (χ1n) is 22.7. The Balaban J connectivity index is 4.38. The van der Waals surface area contributed by atoms with Crippen LogP contribution in [0.2, 0.25) is 0 Å². The van der Waals surface area contributed by atoms with E-state index in [-0.39, 0.29) is 50.3 Å². The SMILES string of the molecule is CCCCCCCCC=CCCCCCCCC(=O)OC[C@@H](COC(=O)CCC(=O)NCCSSC)OC(=O)CCCCCCCC=CCCCCCCCC. The quantitative estimate of drug-likeness (QED) is 0.0212. The zero-order valence-corrected chi connectivity index (χ0v) is 37.7. The Bertz CT molecular complexity index is 991. The van der Waals surface area contributed by atoms with Crippen molar-refractivity contribution in [3.63, 3.8) is 0 Å². The van der Waals surface area contributed by atoms with Crippen molar-refractivity contribution in [3.05, 3.63) is 24.3 Å². The Labute approximate surface area is 351 Å². The van der Waals surface area contributed by atoms with Gasteiger partial charge in [-0.2, -0.15) is 0 Å². The van der Waals surface area contributed by atoms with Crippen LogP contribution < -0.4 is 5.32 Å². The molecule has 0 aromatic heterocycles. The summed E-state index contributed by atoms with van der Waals surface area (Å²) in [5.74, 6) is -0.715. The number of ether oxygens (including phenoxy) is 3. The van der Waals surface area contributed by atoms with E-state index in [0.29, 0.717) is 13.0 Å². The standard InChI is InChI=1S/C46H83NO7S2/c1-4-6-8-10-12-14-16-18-20-22-24-26-28-30-32-34-44(49)52-40-42(41-53-45(50)37-36-43(48)47-38-39-56-55-3)54-46(51)35-33-31-29-27-25-23-21-19-17-15-13-11-9-7-5-2/h18-21,42H,4-17,22-41H2,1-3H3,(H,47,48)/t42-/m0/s1. The lowest BCUT2D eigenvalue weighted by molar-refractivity contribution is -0.167. The summed E-state index contributed by atoms with van der Waals surface area (Å²) in [6, 6.07) is 0. The first-order valence-corrected chi connectivity index (χ1v) is 25.4. The summed E-state index contributed by atoms with van der Waals surface area (Å²) in [4.78, 5) is 49.6. The fourth-order valence-electron chi connectivity index (χ4n) is 6.18. The molecule has 0 aliphatic carbocycles. The van der Waals surface area contributed by atoms with E-state index in [0.717, 1.165) is 76.4 Å². The molecule has 1 amide bonds. The van der Waals surface area contributed by atoms with Crippen molar-refractivity contribution in [1.29, 1.82) is 0 Å². The number of esters is 3. The highest BCUT2D eigenvalue weighted by Crippen LogP contribution is 2.15. The molecule has 0 unspecified atom stereocenters. The Hall–Kier alpha value is -1.94. The summed E-state index contributed by atoms with van der Waals surface area (Å²) in [5, 5.41) is 2.78. The van der Waals surface area contributed by atoms with Gasteiger partial charge >= 0.3 is 17.9 Å². The number of unbranched alkanes of at least 4 members (excludes halogenated alkanes) is 22. The number of hydrogen-bond acceptors (Lipinski definition) is 9. The largest absolute Gasteiger partial charge is 0.462 e. The van der Waals surface area contributed by atoms with E-state index in [9.17, 15) is 19.2 Å². The minimum absolute atomic E-state index is 0.0215. The van der Waals surface area contributed by atoms with Crippen LogP contribution in [0, 0.1) is 0 Å². The van der Waals surface area contributed by atoms with Crippen molar-refractivity contribution in [2.24, 2.45) is 0 Å². The summed E-state index contributed by atoms with van der Waals surface area (Å²) < 4.78 is 16.4. The molecule has 0 aromatic carbocycles. The minimum atomic E-state index is -0.884. The Morgan fingerprint density at radius 1 is 0.500 bits per heavy atom. The lowest BCUT2D eigenvalue weighted by atomic mass is 10.1. The molecule has 0 bridgehead atoms. The second-order valence-electron chi connectivity index (χ2n) is 15.0. The molecule has 0 saturated heterocycles. The predicted octanol–water partition coefficient (Wildman–Crippen LogP) is 13.0. The van der Waals surface area contributed by atoms with Crippen molar-refractivity contribution >= 4 is 45.4 Å². The molecule has 0 spiro atoms. The van der Waals surface area contributed by atoms with E-state index < -0.39 is 12.1 Å². The average Bonchev–Trinajstić information content (AvgIpc) is 3.19. The summed E-state index contributed by atoms with van der Waals surface area (Å²) >= 11 is 0. The lowest BCUT2D eigenvalue weighted by Crippen LogP contribution is -2.31. The van der Waals surface area contributed by atoms with Gasteiger partial charge in [0.25, 0.3) is 0 Å². The molecule has 56 heavy (non-hydrogen) atoms. The molecule has 0 aromatic rings. The van der Waals surface area contributed by atoms with Crippen LogP contribution in [0.5, 0.6) is 0 Å². The van der Waals surface area contributed by atoms with E-state index >= 15 is 0 Å². The molecule has 0 heterocycles. The normalized spacial score (nSPS) is 12.0. The molecule has 0 saturated carbocycles. The van der Waals surface area contributed by atoms with Crippen LogP contribution in [0.1, 0.15) is 206 Å². The van der Waals surface area contributed by atoms with Gasteiger partial charge in [-0.15, -0.1) is 0 Å². The molecule has 8 nitrogen and oxygen atoms in total. The summed E-state index contributed by atoms with van der Waals surface area (Å²) in [7, 11) is 3.29. The number of nitrogens with one attached hydrogen (secondary N) is 1. The number of carbonyl (C=O) groups excluding carboxylic acids is 4. The van der Waals surface area contributed by atoms with Crippen molar-refractivity contribution < 1.29 is 33.4 Å². The van der Waals surface area contributed by atoms with Crippen LogP contribution in [0.4, 0.5) is 0 Å². The molecule has 326 valence electrons. The zero-order valence-electron chi connectivity index (χ0n) is 36.1. The predicted molar refractivity (Wildman–Crippen MR) is 239 cm³/mol. The smallest absolute Gasteiger partial charge is 0.306 e. The van der Waals surface area contributed by atoms with Gasteiger partial charge in [0.05, 0.1) is 6.42 Å². The van der Waals surface area contributed by atoms with E-state index in [1.165, 1.54) is 96.3 Å². The van der Waals surface area contributed by atoms with Gasteiger partial charge in [-0.25, -0.2) is 0 Å². The lowest BCUT2D eigenvalue weighted by Gasteiger charge is -2.18. The number of carbonyl (C=O) groups is 4. The molecule has 10 heteroatoms. The van der Waals surface area contributed by atoms with Crippen molar-refractivity contribution in [2.75, 3.05) is 31.8 Å². The molecule has 1 atom stereocenters. The second-order valence-corrected chi connectivity index (χ2v) is 17.7. The van der Waals surface area contributed by atoms with E-state index in [2.05, 4.69) is 43.5 Å². The highest BCUT2D eigenvalue weighted by Gasteiger charge is 2.20. The highest BCUT2D eigenvalue weighted by molar-refractivity contribution is 8.76. The monoisotopic (exact) mass is 826 g/mol. The summed E-state index contributed by atoms with van der Waals surface area (Å²) in [6.07, 6.45) is 41.6. The van der Waals surface area contributed by atoms with E-state index in [1.54, 1.807) is 21.6 Å². The Morgan fingerprint density at radius 3 is 1.34 bits per heavy atom. The molecular formula is C46H83NO7S2. The third-order valence-electron chi connectivity index (χ3n) is 9.63. The number of amides is 1. The Morgan fingerprint density at radius 2 is 0.893 bits per heavy atom. The molecule has 1 N–H and O–H groups in total. The van der Waals surface area contributed by atoms with Crippen LogP contribution in [-0.4, -0.2) is 61.7 Å². The van der Waals surface area contributed by atoms with Crippen LogP contribution in [0.25, 0.3) is 0 Å². The maximum absolute atomic E-state index is 12.7. The van der Waals surface area contributed by atoms with Crippen molar-refractivity contribution in [2.45, 2.75) is 213 Å². The van der Waals surface area contributed by atoms with Crippen LogP contribution in [0.3, 0.4) is 0 Å². The molecule has 0 aliphatic rings. The molecule has 0 radical (unpaired) electrons. The topological polar surface area (TPSA) is 108 Å². The number of rotatable bonds is 42. The van der Waals surface area contributed by atoms with Gasteiger partial charge in [-0.3, -0.25) is 19.2 Å². The summed E-state index contributed by atoms with van der Waals surface area (Å²) in [5.41, 5.74) is 0. The van der Waals surface area contributed by atoms with Gasteiger partial charge in [0, 0.05) is 31.6 Å². The van der Waals surface area contributed by atoms with Crippen LogP contribution in [-0.2, 0) is 33.4 Å². The fraction of sp³-hybridized carbons (Fsp3) is 0.826. The van der Waals surface area contributed by atoms with Gasteiger partial charge in [-0.1, -0.05) is 162 Å². The molecule has 0 aliphatic heterocycles. The van der Waals surface area contributed by atoms with Crippen molar-refractivity contribution in [1.82, 2.24) is 5.32 Å². The molecule has 0 rings (SSSR count). The van der Waals surface area contributed by atoms with Gasteiger partial charge in [-0.05, 0) is 70.5 Å². The second kappa shape index (κ2) is 44.2. The first kappa shape index (κ1) is 54.1. The van der Waals surface area contributed by atoms with Gasteiger partial charge in [0.1, 0.15) is 13.2 Å². The first-order chi connectivity index (χ1) is 27.4. The summed E-state index contributed by atoms with van der Waals surface area (Å²) in [6.45, 7) is 4.66. The maximum atomic E-state index is 12.7. The number of allylic oxidation sites excluding steroid dienone is 4. The van der Waals surface area contributed by atoms with Gasteiger partial charge < -0.3 is 19.5 Å². The van der Waals surface area contributed by atoms with Crippen LogP contribution in [0.15, 0.2) is 24.3 Å². The Kier molecular flexibility index (Phi) is 42.6. The van der Waals surface area contributed by atoms with Gasteiger partial charge in [0.15, 0.2) is 6.10 Å².